The van der Waals surface area contributed by atoms with Gasteiger partial charge in [0.25, 0.3) is 5.91 Å². The smallest absolute Gasteiger partial charge is 0.322 e. The molecular formula is C17H27N3O4. The number of carbonyl (C=O) groups excluding carboxylic acids is 2. The van der Waals surface area contributed by atoms with Crippen LogP contribution in [0.3, 0.4) is 0 Å². The summed E-state index contributed by atoms with van der Waals surface area (Å²) in [5.74, 6) is 0.278. The summed E-state index contributed by atoms with van der Waals surface area (Å²) in [6.45, 7) is 4.31. The van der Waals surface area contributed by atoms with E-state index in [0.29, 0.717) is 30.0 Å². The number of carbonyl (C=O) groups is 2. The molecule has 0 unspecified atom stereocenters. The fraction of sp³-hybridized carbons (Fsp3) is 0.529. The average molecular weight is 337 g/mol. The fourth-order valence-corrected chi connectivity index (χ4v) is 2.21. The van der Waals surface area contributed by atoms with Crippen molar-refractivity contribution in [2.75, 3.05) is 39.7 Å². The van der Waals surface area contributed by atoms with Crippen LogP contribution in [0.5, 0.6) is 5.75 Å². The van der Waals surface area contributed by atoms with Crippen LogP contribution in [0.15, 0.2) is 18.2 Å². The largest absolute Gasteiger partial charge is 0.495 e. The van der Waals surface area contributed by atoms with Crippen LogP contribution in [0.25, 0.3) is 0 Å². The number of ether oxygens (including phenoxy) is 1. The minimum atomic E-state index is -0.275. The zero-order valence-corrected chi connectivity index (χ0v) is 15.0. The van der Waals surface area contributed by atoms with E-state index in [9.17, 15) is 9.59 Å². The molecule has 7 nitrogen and oxygen atoms in total. The van der Waals surface area contributed by atoms with Crippen LogP contribution in [-0.4, -0.2) is 67.2 Å². The number of anilines is 1. The maximum absolute atomic E-state index is 12.5. The highest BCUT2D eigenvalue weighted by atomic mass is 16.5. The lowest BCUT2D eigenvalue weighted by Crippen LogP contribution is -2.41. The lowest BCUT2D eigenvalue weighted by atomic mass is 10.1. The van der Waals surface area contributed by atoms with Crippen LogP contribution in [0.2, 0.25) is 0 Å². The molecule has 1 rings (SSSR count). The van der Waals surface area contributed by atoms with Crippen molar-refractivity contribution in [3.05, 3.63) is 23.8 Å². The fourth-order valence-electron chi connectivity index (χ4n) is 2.21. The third-order valence-electron chi connectivity index (χ3n) is 3.54. The Kier molecular flexibility index (Phi) is 7.51. The molecule has 3 amide bonds. The molecule has 1 aromatic carbocycles. The summed E-state index contributed by atoms with van der Waals surface area (Å²) < 4.78 is 5.29. The van der Waals surface area contributed by atoms with E-state index in [4.69, 9.17) is 9.84 Å². The lowest BCUT2D eigenvalue weighted by molar-refractivity contribution is 0.0827. The average Bonchev–Trinajstić information content (AvgIpc) is 2.54. The summed E-state index contributed by atoms with van der Waals surface area (Å²) in [4.78, 5) is 27.6. The first-order valence-electron chi connectivity index (χ1n) is 7.90. The van der Waals surface area contributed by atoms with Crippen LogP contribution in [-0.2, 0) is 0 Å². The Bertz CT molecular complexity index is 573. The quantitative estimate of drug-likeness (QED) is 0.797. The summed E-state index contributed by atoms with van der Waals surface area (Å²) >= 11 is 0. The molecule has 0 aromatic heterocycles. The van der Waals surface area contributed by atoms with Gasteiger partial charge in [0, 0.05) is 38.9 Å². The second-order valence-corrected chi connectivity index (χ2v) is 5.91. The molecule has 0 aliphatic carbocycles. The standard InChI is InChI=1S/C17H27N3O4/c1-12(2)20(9-6-10-21)17(23)18-14-8-7-13(11-15(14)24-5)16(22)19(3)4/h7-8,11-12,21H,6,9-10H2,1-5H3,(H,18,23). The molecule has 0 aliphatic heterocycles. The van der Waals surface area contributed by atoms with Gasteiger partial charge in [-0.05, 0) is 38.5 Å². The predicted molar refractivity (Wildman–Crippen MR) is 93.6 cm³/mol. The van der Waals surface area contributed by atoms with Crippen molar-refractivity contribution in [2.24, 2.45) is 0 Å². The van der Waals surface area contributed by atoms with E-state index in [-0.39, 0.29) is 24.6 Å². The van der Waals surface area contributed by atoms with Crippen LogP contribution < -0.4 is 10.1 Å². The number of nitrogens with zero attached hydrogens (tertiary/aromatic N) is 2. The number of hydrogen-bond acceptors (Lipinski definition) is 4. The number of rotatable bonds is 7. The molecule has 1 aromatic rings. The first-order valence-corrected chi connectivity index (χ1v) is 7.90. The summed E-state index contributed by atoms with van der Waals surface area (Å²) in [6, 6.07) is 4.62. The minimum Gasteiger partial charge on any atom is -0.495 e. The van der Waals surface area contributed by atoms with Gasteiger partial charge in [-0.3, -0.25) is 4.79 Å². The molecule has 0 spiro atoms. The van der Waals surface area contributed by atoms with Gasteiger partial charge in [-0.15, -0.1) is 0 Å². The van der Waals surface area contributed by atoms with E-state index in [1.165, 1.54) is 12.0 Å². The number of amides is 3. The first kappa shape index (κ1) is 19.8. The van der Waals surface area contributed by atoms with Gasteiger partial charge in [-0.1, -0.05) is 0 Å². The van der Waals surface area contributed by atoms with Crippen molar-refractivity contribution in [3.8, 4) is 5.75 Å². The van der Waals surface area contributed by atoms with Crippen LogP contribution in [0.4, 0.5) is 10.5 Å². The van der Waals surface area contributed by atoms with E-state index in [1.807, 2.05) is 13.8 Å². The zero-order chi connectivity index (χ0) is 18.3. The Labute approximate surface area is 143 Å². The van der Waals surface area contributed by atoms with Crippen LogP contribution in [0, 0.1) is 0 Å². The van der Waals surface area contributed by atoms with Crippen molar-refractivity contribution in [1.29, 1.82) is 0 Å². The van der Waals surface area contributed by atoms with Crippen molar-refractivity contribution in [2.45, 2.75) is 26.3 Å². The zero-order valence-electron chi connectivity index (χ0n) is 15.0. The van der Waals surface area contributed by atoms with E-state index >= 15 is 0 Å². The maximum atomic E-state index is 12.5. The third-order valence-corrected chi connectivity index (χ3v) is 3.54. The van der Waals surface area contributed by atoms with Crippen molar-refractivity contribution in [3.63, 3.8) is 0 Å². The molecule has 0 bridgehead atoms. The third kappa shape index (κ3) is 5.13. The van der Waals surface area contributed by atoms with Gasteiger partial charge in [0.15, 0.2) is 0 Å². The molecule has 0 aliphatic rings. The molecule has 0 radical (unpaired) electrons. The number of urea groups is 1. The number of aliphatic hydroxyl groups excluding tert-OH is 1. The number of nitrogens with one attached hydrogen (secondary N) is 1. The van der Waals surface area contributed by atoms with E-state index in [2.05, 4.69) is 5.32 Å². The van der Waals surface area contributed by atoms with Crippen LogP contribution >= 0.6 is 0 Å². The van der Waals surface area contributed by atoms with Gasteiger partial charge < -0.3 is 25.0 Å². The monoisotopic (exact) mass is 337 g/mol. The molecule has 0 heterocycles. The topological polar surface area (TPSA) is 82.1 Å². The molecule has 134 valence electrons. The highest BCUT2D eigenvalue weighted by Gasteiger charge is 2.19. The second kappa shape index (κ2) is 9.12. The number of aliphatic hydroxyl groups is 1. The van der Waals surface area contributed by atoms with E-state index in [0.717, 1.165) is 0 Å². The Balaban J connectivity index is 2.97. The highest BCUT2D eigenvalue weighted by Crippen LogP contribution is 2.26. The molecule has 0 fully saturated rings. The molecule has 24 heavy (non-hydrogen) atoms. The minimum absolute atomic E-state index is 0.00265. The number of benzene rings is 1. The van der Waals surface area contributed by atoms with Gasteiger partial charge in [-0.2, -0.15) is 0 Å². The molecule has 0 saturated carbocycles. The summed E-state index contributed by atoms with van der Waals surface area (Å²) in [5.41, 5.74) is 0.975. The van der Waals surface area contributed by atoms with Gasteiger partial charge in [0.05, 0.1) is 12.8 Å². The first-order chi connectivity index (χ1) is 11.3. The van der Waals surface area contributed by atoms with Gasteiger partial charge in [0.2, 0.25) is 0 Å². The van der Waals surface area contributed by atoms with Gasteiger partial charge >= 0.3 is 6.03 Å². The molecule has 0 saturated heterocycles. The summed E-state index contributed by atoms with van der Waals surface area (Å²) in [5, 5.41) is 11.8. The number of methoxy groups -OCH3 is 1. The number of hydrogen-bond donors (Lipinski definition) is 2. The SMILES string of the molecule is COc1cc(C(=O)N(C)C)ccc1NC(=O)N(CCCO)C(C)C. The van der Waals surface area contributed by atoms with E-state index < -0.39 is 0 Å². The second-order valence-electron chi connectivity index (χ2n) is 5.91. The van der Waals surface area contributed by atoms with Crippen molar-refractivity contribution >= 4 is 17.6 Å². The van der Waals surface area contributed by atoms with E-state index in [1.54, 1.807) is 37.2 Å². The summed E-state index contributed by atoms with van der Waals surface area (Å²) in [6.07, 6.45) is 0.513. The van der Waals surface area contributed by atoms with Gasteiger partial charge in [0.1, 0.15) is 5.75 Å². The van der Waals surface area contributed by atoms with Crippen LogP contribution in [0.1, 0.15) is 30.6 Å². The molecule has 0 atom stereocenters. The Morgan fingerprint density at radius 1 is 1.29 bits per heavy atom. The Morgan fingerprint density at radius 2 is 1.96 bits per heavy atom. The Hall–Kier alpha value is -2.28. The molecular weight excluding hydrogens is 310 g/mol. The summed E-state index contributed by atoms with van der Waals surface area (Å²) in [7, 11) is 4.83. The normalized spacial score (nSPS) is 10.5. The molecule has 7 heteroatoms. The highest BCUT2D eigenvalue weighted by molar-refractivity contribution is 5.96. The molecule has 2 N–H and O–H groups in total. The van der Waals surface area contributed by atoms with Gasteiger partial charge in [-0.25, -0.2) is 4.79 Å². The van der Waals surface area contributed by atoms with Crippen molar-refractivity contribution in [1.82, 2.24) is 9.80 Å². The lowest BCUT2D eigenvalue weighted by Gasteiger charge is -2.27. The predicted octanol–water partition coefficient (Wildman–Crippen LogP) is 2.02. The van der Waals surface area contributed by atoms with Crippen molar-refractivity contribution < 1.29 is 19.4 Å². The Morgan fingerprint density at radius 3 is 2.46 bits per heavy atom. The maximum Gasteiger partial charge on any atom is 0.322 e.